The zero-order valence-corrected chi connectivity index (χ0v) is 9.84. The predicted molar refractivity (Wildman–Crippen MR) is 58.9 cm³/mol. The van der Waals surface area contributed by atoms with E-state index in [1.165, 1.54) is 12.1 Å². The number of hydrogen-bond donors (Lipinski definition) is 0. The number of aldehydes is 1. The van der Waals surface area contributed by atoms with Gasteiger partial charge in [-0.2, -0.15) is 18.3 Å². The third-order valence-corrected chi connectivity index (χ3v) is 2.68. The smallest absolute Gasteiger partial charge is 0.298 e. The Labute approximate surface area is 109 Å². The van der Waals surface area contributed by atoms with E-state index in [-0.39, 0.29) is 12.0 Å². The molecule has 0 N–H and O–H groups in total. The first-order chi connectivity index (χ1) is 8.84. The van der Waals surface area contributed by atoms with E-state index in [1.807, 2.05) is 0 Å². The van der Waals surface area contributed by atoms with Crippen molar-refractivity contribution in [2.75, 3.05) is 0 Å². The molecule has 0 saturated carbocycles. The van der Waals surface area contributed by atoms with Crippen LogP contribution in [0.2, 0.25) is 5.15 Å². The quantitative estimate of drug-likeness (QED) is 0.627. The first kappa shape index (κ1) is 13.5. The molecule has 2 aromatic rings. The van der Waals surface area contributed by atoms with Gasteiger partial charge in [0.25, 0.3) is 0 Å². The molecule has 19 heavy (non-hydrogen) atoms. The SMILES string of the molecule is O=Cc1c(C(F)(F)F)nn(-c2ccc(F)cc2)c1Cl. The van der Waals surface area contributed by atoms with Crippen molar-refractivity contribution in [2.24, 2.45) is 0 Å². The topological polar surface area (TPSA) is 34.9 Å². The molecule has 0 fully saturated rings. The molecular formula is C11H5ClF4N2O. The summed E-state index contributed by atoms with van der Waals surface area (Å²) in [6, 6.07) is 4.48. The number of aromatic nitrogens is 2. The highest BCUT2D eigenvalue weighted by molar-refractivity contribution is 6.32. The summed E-state index contributed by atoms with van der Waals surface area (Å²) in [7, 11) is 0. The fourth-order valence-corrected chi connectivity index (χ4v) is 1.75. The molecule has 0 spiro atoms. The van der Waals surface area contributed by atoms with Crippen molar-refractivity contribution < 1.29 is 22.4 Å². The van der Waals surface area contributed by atoms with Gasteiger partial charge in [-0.3, -0.25) is 4.79 Å². The zero-order chi connectivity index (χ0) is 14.2. The van der Waals surface area contributed by atoms with Gasteiger partial charge in [0.2, 0.25) is 0 Å². The number of nitrogens with zero attached hydrogens (tertiary/aromatic N) is 2. The summed E-state index contributed by atoms with van der Waals surface area (Å²) in [5, 5.41) is 2.78. The molecule has 1 aromatic heterocycles. The standard InChI is InChI=1S/C11H5ClF4N2O/c12-10-8(5-19)9(11(14,15)16)17-18(10)7-3-1-6(13)2-4-7/h1-5H. The van der Waals surface area contributed by atoms with Gasteiger partial charge in [0.1, 0.15) is 11.0 Å². The summed E-state index contributed by atoms with van der Waals surface area (Å²) in [6.45, 7) is 0. The maximum atomic E-state index is 12.7. The van der Waals surface area contributed by atoms with Gasteiger partial charge in [0, 0.05) is 0 Å². The fourth-order valence-electron chi connectivity index (χ4n) is 1.48. The molecule has 1 aromatic carbocycles. The lowest BCUT2D eigenvalue weighted by Gasteiger charge is -2.03. The van der Waals surface area contributed by atoms with Crippen LogP contribution in [0.4, 0.5) is 17.6 Å². The Hall–Kier alpha value is -1.89. The summed E-state index contributed by atoms with van der Waals surface area (Å²) in [5.74, 6) is -0.557. The van der Waals surface area contributed by atoms with Crippen LogP contribution in [0.5, 0.6) is 0 Å². The van der Waals surface area contributed by atoms with E-state index in [4.69, 9.17) is 11.6 Å². The van der Waals surface area contributed by atoms with Crippen LogP contribution in [0.3, 0.4) is 0 Å². The maximum absolute atomic E-state index is 12.7. The Balaban J connectivity index is 2.63. The van der Waals surface area contributed by atoms with E-state index in [0.29, 0.717) is 0 Å². The molecule has 0 unspecified atom stereocenters. The van der Waals surface area contributed by atoms with Crippen molar-refractivity contribution in [1.29, 1.82) is 0 Å². The average Bonchev–Trinajstić information content (AvgIpc) is 2.67. The molecule has 2 rings (SSSR count). The molecule has 1 heterocycles. The lowest BCUT2D eigenvalue weighted by molar-refractivity contribution is -0.141. The predicted octanol–water partition coefficient (Wildman–Crippen LogP) is 3.50. The Morgan fingerprint density at radius 3 is 2.21 bits per heavy atom. The van der Waals surface area contributed by atoms with Gasteiger partial charge < -0.3 is 0 Å². The maximum Gasteiger partial charge on any atom is 0.435 e. The van der Waals surface area contributed by atoms with E-state index < -0.39 is 28.4 Å². The molecule has 0 aliphatic carbocycles. The molecule has 0 saturated heterocycles. The zero-order valence-electron chi connectivity index (χ0n) is 9.08. The van der Waals surface area contributed by atoms with Crippen molar-refractivity contribution in [3.8, 4) is 5.69 Å². The molecule has 100 valence electrons. The molecule has 3 nitrogen and oxygen atoms in total. The van der Waals surface area contributed by atoms with Gasteiger partial charge in [-0.25, -0.2) is 9.07 Å². The van der Waals surface area contributed by atoms with Gasteiger partial charge in [-0.1, -0.05) is 11.6 Å². The average molecular weight is 293 g/mol. The molecular weight excluding hydrogens is 288 g/mol. The van der Waals surface area contributed by atoms with E-state index in [1.54, 1.807) is 0 Å². The summed E-state index contributed by atoms with van der Waals surface area (Å²) in [4.78, 5) is 10.7. The van der Waals surface area contributed by atoms with Crippen LogP contribution < -0.4 is 0 Å². The number of hydrogen-bond acceptors (Lipinski definition) is 2. The van der Waals surface area contributed by atoms with Crippen molar-refractivity contribution in [3.63, 3.8) is 0 Å². The van der Waals surface area contributed by atoms with Gasteiger partial charge in [0.15, 0.2) is 12.0 Å². The van der Waals surface area contributed by atoms with Crippen molar-refractivity contribution in [1.82, 2.24) is 9.78 Å². The van der Waals surface area contributed by atoms with Crippen molar-refractivity contribution in [2.45, 2.75) is 6.18 Å². The number of benzene rings is 1. The lowest BCUT2D eigenvalue weighted by Crippen LogP contribution is -2.09. The Bertz CT molecular complexity index is 619. The Morgan fingerprint density at radius 1 is 1.21 bits per heavy atom. The molecule has 0 bridgehead atoms. The minimum Gasteiger partial charge on any atom is -0.298 e. The highest BCUT2D eigenvalue weighted by Crippen LogP contribution is 2.34. The second-order valence-electron chi connectivity index (χ2n) is 3.56. The minimum absolute atomic E-state index is 0.0157. The number of carbonyl (C=O) groups excluding carboxylic acids is 1. The lowest BCUT2D eigenvalue weighted by atomic mass is 10.2. The van der Waals surface area contributed by atoms with Crippen LogP contribution in [0.1, 0.15) is 16.1 Å². The molecule has 8 heteroatoms. The normalized spacial score (nSPS) is 11.6. The molecule has 0 radical (unpaired) electrons. The van der Waals surface area contributed by atoms with E-state index >= 15 is 0 Å². The first-order valence-electron chi connectivity index (χ1n) is 4.91. The largest absolute Gasteiger partial charge is 0.435 e. The molecule has 0 atom stereocenters. The second-order valence-corrected chi connectivity index (χ2v) is 3.91. The van der Waals surface area contributed by atoms with Gasteiger partial charge in [-0.05, 0) is 24.3 Å². The Morgan fingerprint density at radius 2 is 1.79 bits per heavy atom. The van der Waals surface area contributed by atoms with Crippen LogP contribution in [-0.4, -0.2) is 16.1 Å². The monoisotopic (exact) mass is 292 g/mol. The van der Waals surface area contributed by atoms with Crippen LogP contribution in [0, 0.1) is 5.82 Å². The van der Waals surface area contributed by atoms with Crippen LogP contribution in [0.25, 0.3) is 5.69 Å². The van der Waals surface area contributed by atoms with E-state index in [2.05, 4.69) is 5.10 Å². The Kier molecular flexibility index (Phi) is 3.32. The van der Waals surface area contributed by atoms with Gasteiger partial charge in [0.05, 0.1) is 11.3 Å². The van der Waals surface area contributed by atoms with Crippen molar-refractivity contribution >= 4 is 17.9 Å². The summed E-state index contributed by atoms with van der Waals surface area (Å²) in [5.41, 5.74) is -2.01. The first-order valence-corrected chi connectivity index (χ1v) is 5.29. The number of rotatable bonds is 2. The number of carbonyl (C=O) groups is 1. The van der Waals surface area contributed by atoms with Crippen LogP contribution in [-0.2, 0) is 6.18 Å². The highest BCUT2D eigenvalue weighted by atomic mass is 35.5. The second kappa shape index (κ2) is 4.65. The van der Waals surface area contributed by atoms with Gasteiger partial charge in [-0.15, -0.1) is 0 Å². The summed E-state index contributed by atoms with van der Waals surface area (Å²) >= 11 is 5.69. The van der Waals surface area contributed by atoms with Crippen molar-refractivity contribution in [3.05, 3.63) is 46.5 Å². The van der Waals surface area contributed by atoms with E-state index in [0.717, 1.165) is 16.8 Å². The summed E-state index contributed by atoms with van der Waals surface area (Å²) in [6.07, 6.45) is -4.82. The fraction of sp³-hybridized carbons (Fsp3) is 0.0909. The number of halogens is 5. The van der Waals surface area contributed by atoms with Crippen LogP contribution >= 0.6 is 11.6 Å². The third kappa shape index (κ3) is 2.46. The highest BCUT2D eigenvalue weighted by Gasteiger charge is 2.39. The molecule has 0 aliphatic rings. The third-order valence-electron chi connectivity index (χ3n) is 2.32. The minimum atomic E-state index is -4.80. The summed E-state index contributed by atoms with van der Waals surface area (Å²) < 4.78 is 51.4. The number of alkyl halides is 3. The molecule has 0 amide bonds. The van der Waals surface area contributed by atoms with Crippen LogP contribution in [0.15, 0.2) is 24.3 Å². The molecule has 0 aliphatic heterocycles. The van der Waals surface area contributed by atoms with Gasteiger partial charge >= 0.3 is 6.18 Å². The van der Waals surface area contributed by atoms with E-state index in [9.17, 15) is 22.4 Å².